The van der Waals surface area contributed by atoms with E-state index in [1.54, 1.807) is 0 Å². The van der Waals surface area contributed by atoms with Crippen LogP contribution in [0, 0.1) is 5.92 Å². The van der Waals surface area contributed by atoms with Crippen molar-refractivity contribution in [3.8, 4) is 0 Å². The molecule has 1 atom stereocenters. The largest absolute Gasteiger partial charge is 0.354 e. The number of amides is 1. The summed E-state index contributed by atoms with van der Waals surface area (Å²) < 4.78 is 1.41. The highest BCUT2D eigenvalue weighted by molar-refractivity contribution is 5.85. The zero-order valence-corrected chi connectivity index (χ0v) is 10.3. The molecule has 17 heavy (non-hydrogen) atoms. The number of nitrogens with zero attached hydrogens (tertiary/aromatic N) is 4. The lowest BCUT2D eigenvalue weighted by atomic mass is 10.1. The molecule has 1 aliphatic heterocycles. The third-order valence-electron chi connectivity index (χ3n) is 2.73. The summed E-state index contributed by atoms with van der Waals surface area (Å²) >= 11 is 0. The van der Waals surface area contributed by atoms with E-state index in [-0.39, 0.29) is 24.9 Å². The van der Waals surface area contributed by atoms with Crippen molar-refractivity contribution in [2.24, 2.45) is 5.92 Å². The van der Waals surface area contributed by atoms with Crippen LogP contribution in [0.25, 0.3) is 0 Å². The van der Waals surface area contributed by atoms with Gasteiger partial charge in [-0.25, -0.2) is 4.68 Å². The van der Waals surface area contributed by atoms with Crippen molar-refractivity contribution in [1.82, 2.24) is 30.8 Å². The Balaban J connectivity index is 0.00000144. The minimum absolute atomic E-state index is 0. The lowest BCUT2D eigenvalue weighted by Gasteiger charge is -2.08. The van der Waals surface area contributed by atoms with E-state index in [1.807, 2.05) is 0 Å². The van der Waals surface area contributed by atoms with E-state index in [4.69, 9.17) is 0 Å². The maximum absolute atomic E-state index is 11.4. The number of halogens is 1. The molecule has 96 valence electrons. The molecule has 0 radical (unpaired) electrons. The van der Waals surface area contributed by atoms with Gasteiger partial charge in [0.15, 0.2) is 0 Å². The zero-order valence-electron chi connectivity index (χ0n) is 9.50. The molecule has 2 N–H and O–H groups in total. The van der Waals surface area contributed by atoms with Gasteiger partial charge >= 0.3 is 0 Å². The molecule has 0 bridgehead atoms. The van der Waals surface area contributed by atoms with Gasteiger partial charge in [-0.3, -0.25) is 4.79 Å². The number of tetrazole rings is 1. The van der Waals surface area contributed by atoms with E-state index in [1.165, 1.54) is 17.4 Å². The van der Waals surface area contributed by atoms with Crippen LogP contribution in [0.5, 0.6) is 0 Å². The third kappa shape index (κ3) is 4.66. The summed E-state index contributed by atoms with van der Waals surface area (Å²) in [5, 5.41) is 16.7. The van der Waals surface area contributed by atoms with Gasteiger partial charge in [-0.15, -0.1) is 17.5 Å². The number of aromatic nitrogens is 4. The highest BCUT2D eigenvalue weighted by atomic mass is 35.5. The van der Waals surface area contributed by atoms with E-state index in [9.17, 15) is 4.79 Å². The summed E-state index contributed by atoms with van der Waals surface area (Å²) in [6.07, 6.45) is 3.68. The van der Waals surface area contributed by atoms with Gasteiger partial charge in [0.25, 0.3) is 0 Å². The molecule has 7 nitrogen and oxygen atoms in total. The molecule has 1 saturated heterocycles. The first-order valence-corrected chi connectivity index (χ1v) is 5.53. The van der Waals surface area contributed by atoms with Crippen LogP contribution in [0.15, 0.2) is 6.33 Å². The summed E-state index contributed by atoms with van der Waals surface area (Å²) in [6.45, 7) is 3.09. The number of hydrogen-bond acceptors (Lipinski definition) is 5. The minimum atomic E-state index is -0.0433. The Hall–Kier alpha value is -1.21. The van der Waals surface area contributed by atoms with Crippen LogP contribution in [0.2, 0.25) is 0 Å². The zero-order chi connectivity index (χ0) is 11.2. The van der Waals surface area contributed by atoms with Crippen molar-refractivity contribution < 1.29 is 4.79 Å². The maximum atomic E-state index is 11.4. The van der Waals surface area contributed by atoms with E-state index < -0.39 is 0 Å². The first kappa shape index (κ1) is 13.9. The number of hydrogen-bond donors (Lipinski definition) is 2. The Bertz CT molecular complexity index is 324. The van der Waals surface area contributed by atoms with Crippen molar-refractivity contribution in [3.05, 3.63) is 6.33 Å². The molecule has 0 saturated carbocycles. The average molecular weight is 261 g/mol. The van der Waals surface area contributed by atoms with E-state index in [0.717, 1.165) is 26.1 Å². The van der Waals surface area contributed by atoms with Gasteiger partial charge in [-0.2, -0.15) is 0 Å². The van der Waals surface area contributed by atoms with Gasteiger partial charge in [0.2, 0.25) is 5.91 Å². The van der Waals surface area contributed by atoms with Gasteiger partial charge in [-0.1, -0.05) is 0 Å². The van der Waals surface area contributed by atoms with Crippen LogP contribution in [0.1, 0.15) is 12.8 Å². The standard InChI is InChI=1S/C9H16N6O.ClH/c16-9(6-15-7-12-13-14-15)11-4-2-8-1-3-10-5-8;/h7-8,10H,1-6H2,(H,11,16);1H. The quantitative estimate of drug-likeness (QED) is 0.725. The topological polar surface area (TPSA) is 84.7 Å². The smallest absolute Gasteiger partial charge is 0.241 e. The lowest BCUT2D eigenvalue weighted by Crippen LogP contribution is -2.30. The van der Waals surface area contributed by atoms with Gasteiger partial charge < -0.3 is 10.6 Å². The van der Waals surface area contributed by atoms with Gasteiger partial charge in [0.1, 0.15) is 12.9 Å². The fourth-order valence-corrected chi connectivity index (χ4v) is 1.83. The number of carbonyl (C=O) groups is 1. The molecular weight excluding hydrogens is 244 g/mol. The normalized spacial score (nSPS) is 18.7. The van der Waals surface area contributed by atoms with E-state index in [2.05, 4.69) is 26.2 Å². The Morgan fingerprint density at radius 1 is 1.59 bits per heavy atom. The van der Waals surface area contributed by atoms with Crippen molar-refractivity contribution in [2.75, 3.05) is 19.6 Å². The summed E-state index contributed by atoms with van der Waals surface area (Å²) in [5.74, 6) is 0.659. The lowest BCUT2D eigenvalue weighted by molar-refractivity contribution is -0.121. The molecule has 1 aromatic heterocycles. The van der Waals surface area contributed by atoms with Gasteiger partial charge in [0, 0.05) is 6.54 Å². The summed E-state index contributed by atoms with van der Waals surface area (Å²) in [4.78, 5) is 11.4. The monoisotopic (exact) mass is 260 g/mol. The second-order valence-electron chi connectivity index (χ2n) is 4.00. The van der Waals surface area contributed by atoms with E-state index >= 15 is 0 Å². The molecule has 2 heterocycles. The number of carbonyl (C=O) groups excluding carboxylic acids is 1. The Labute approximate surface area is 106 Å². The Morgan fingerprint density at radius 3 is 3.12 bits per heavy atom. The first-order valence-electron chi connectivity index (χ1n) is 5.53. The Morgan fingerprint density at radius 2 is 2.47 bits per heavy atom. The fraction of sp³-hybridized carbons (Fsp3) is 0.778. The van der Waals surface area contributed by atoms with Crippen LogP contribution < -0.4 is 10.6 Å². The molecule has 1 fully saturated rings. The molecule has 8 heteroatoms. The summed E-state index contributed by atoms with van der Waals surface area (Å²) in [5.41, 5.74) is 0. The maximum Gasteiger partial charge on any atom is 0.241 e. The molecule has 2 rings (SSSR count). The molecule has 1 amide bonds. The minimum Gasteiger partial charge on any atom is -0.354 e. The van der Waals surface area contributed by atoms with Crippen LogP contribution >= 0.6 is 12.4 Å². The van der Waals surface area contributed by atoms with Crippen LogP contribution in [-0.4, -0.2) is 45.7 Å². The molecule has 0 aromatic carbocycles. The predicted octanol–water partition coefficient (Wildman–Crippen LogP) is -0.789. The van der Waals surface area contributed by atoms with Crippen molar-refractivity contribution in [3.63, 3.8) is 0 Å². The summed E-state index contributed by atoms with van der Waals surface area (Å²) in [6, 6.07) is 0. The highest BCUT2D eigenvalue weighted by Crippen LogP contribution is 2.10. The molecule has 1 unspecified atom stereocenters. The van der Waals surface area contributed by atoms with Crippen molar-refractivity contribution in [2.45, 2.75) is 19.4 Å². The van der Waals surface area contributed by atoms with E-state index in [0.29, 0.717) is 5.92 Å². The van der Waals surface area contributed by atoms with Crippen molar-refractivity contribution in [1.29, 1.82) is 0 Å². The average Bonchev–Trinajstić information content (AvgIpc) is 2.90. The highest BCUT2D eigenvalue weighted by Gasteiger charge is 2.14. The van der Waals surface area contributed by atoms with Crippen LogP contribution in [-0.2, 0) is 11.3 Å². The van der Waals surface area contributed by atoms with Crippen LogP contribution in [0.4, 0.5) is 0 Å². The second-order valence-corrected chi connectivity index (χ2v) is 4.00. The van der Waals surface area contributed by atoms with Crippen LogP contribution in [0.3, 0.4) is 0 Å². The van der Waals surface area contributed by atoms with Gasteiger partial charge in [0.05, 0.1) is 0 Å². The fourth-order valence-electron chi connectivity index (χ4n) is 1.83. The number of rotatable bonds is 5. The number of nitrogens with one attached hydrogen (secondary N) is 2. The SMILES string of the molecule is Cl.O=C(Cn1cnnn1)NCCC1CCNC1. The predicted molar refractivity (Wildman–Crippen MR) is 63.7 cm³/mol. The molecular formula is C9H17ClN6O. The summed E-state index contributed by atoms with van der Waals surface area (Å²) in [7, 11) is 0. The van der Waals surface area contributed by atoms with Crippen molar-refractivity contribution >= 4 is 18.3 Å². The third-order valence-corrected chi connectivity index (χ3v) is 2.73. The molecule has 0 aliphatic carbocycles. The van der Waals surface area contributed by atoms with Gasteiger partial charge in [-0.05, 0) is 42.3 Å². The Kier molecular flexibility index (Phi) is 5.85. The molecule has 1 aliphatic rings. The first-order chi connectivity index (χ1) is 7.84. The molecule has 0 spiro atoms. The second kappa shape index (κ2) is 7.18. The molecule has 1 aromatic rings.